The molecule has 0 saturated carbocycles. The van der Waals surface area contributed by atoms with Crippen LogP contribution in [-0.4, -0.2) is 54.8 Å². The molecule has 0 aromatic heterocycles. The number of nitrogens with one attached hydrogen (secondary N) is 1. The molecule has 1 N–H and O–H groups in total. The Hall–Kier alpha value is -2.28. The summed E-state index contributed by atoms with van der Waals surface area (Å²) in [6.07, 6.45) is 9.35. The lowest BCUT2D eigenvalue weighted by Gasteiger charge is -2.28. The predicted octanol–water partition coefficient (Wildman–Crippen LogP) is 1.84. The zero-order valence-corrected chi connectivity index (χ0v) is 14.6. The van der Waals surface area contributed by atoms with Gasteiger partial charge in [0.1, 0.15) is 0 Å². The maximum absolute atomic E-state index is 12.4. The maximum atomic E-state index is 12.4. The molecule has 0 bridgehead atoms. The number of hydrogen-bond acceptors (Lipinski definition) is 4. The zero-order chi connectivity index (χ0) is 18.1. The summed E-state index contributed by atoms with van der Waals surface area (Å²) in [5, 5.41) is 2.83. The summed E-state index contributed by atoms with van der Waals surface area (Å²) in [5.41, 5.74) is 0.500. The van der Waals surface area contributed by atoms with Crippen LogP contribution in [0, 0.1) is 5.92 Å². The molecule has 0 aromatic carbocycles. The number of fused-ring (bicyclic) bond motifs is 1. The van der Waals surface area contributed by atoms with Crippen molar-refractivity contribution in [2.45, 2.75) is 32.6 Å². The largest absolute Gasteiger partial charge is 0.382 e. The molecule has 0 fully saturated rings. The van der Waals surface area contributed by atoms with Crippen molar-refractivity contribution in [3.05, 3.63) is 24.3 Å². The van der Waals surface area contributed by atoms with E-state index in [1.54, 1.807) is 24.3 Å². The second-order valence-corrected chi connectivity index (χ2v) is 5.89. The fraction of sp³-hybridized carbons (Fsp3) is 0.556. The summed E-state index contributed by atoms with van der Waals surface area (Å²) >= 11 is 0. The molecule has 4 amide bonds. The van der Waals surface area contributed by atoms with Gasteiger partial charge in [-0.15, -0.1) is 0 Å². The first kappa shape index (κ1) is 19.1. The van der Waals surface area contributed by atoms with Gasteiger partial charge in [0.05, 0.1) is 11.6 Å². The molecule has 1 aliphatic heterocycles. The molecule has 1 atom stereocenters. The summed E-state index contributed by atoms with van der Waals surface area (Å²) in [6.45, 7) is 4.15. The number of ether oxygens (including phenoxy) is 1. The van der Waals surface area contributed by atoms with Gasteiger partial charge in [0.2, 0.25) is 11.8 Å². The summed E-state index contributed by atoms with van der Waals surface area (Å²) in [5.74, 6) is -0.722. The van der Waals surface area contributed by atoms with Gasteiger partial charge in [-0.05, 0) is 32.3 Å². The van der Waals surface area contributed by atoms with Crippen LogP contribution in [0.5, 0.6) is 0 Å². The van der Waals surface area contributed by atoms with Crippen molar-refractivity contribution in [2.24, 2.45) is 10.9 Å². The minimum atomic E-state index is -0.517. The van der Waals surface area contributed by atoms with Gasteiger partial charge in [0.15, 0.2) is 0 Å². The molecule has 2 rings (SSSR count). The van der Waals surface area contributed by atoms with Crippen molar-refractivity contribution in [2.75, 3.05) is 26.3 Å². The number of nitrogens with zero attached hydrogens (tertiary/aromatic N) is 2. The van der Waals surface area contributed by atoms with Crippen LogP contribution in [-0.2, 0) is 14.3 Å². The smallest absolute Gasteiger partial charge is 0.350 e. The van der Waals surface area contributed by atoms with Crippen molar-refractivity contribution in [1.29, 1.82) is 0 Å². The Morgan fingerprint density at radius 2 is 2.12 bits per heavy atom. The average molecular weight is 347 g/mol. The minimum Gasteiger partial charge on any atom is -0.382 e. The monoisotopic (exact) mass is 347 g/mol. The van der Waals surface area contributed by atoms with Crippen molar-refractivity contribution < 1.29 is 19.1 Å². The molecular weight excluding hydrogens is 322 g/mol. The van der Waals surface area contributed by atoms with Crippen LogP contribution < -0.4 is 5.32 Å². The van der Waals surface area contributed by atoms with Gasteiger partial charge in [-0.3, -0.25) is 14.5 Å². The van der Waals surface area contributed by atoms with Gasteiger partial charge >= 0.3 is 6.03 Å². The predicted molar refractivity (Wildman–Crippen MR) is 94.3 cm³/mol. The van der Waals surface area contributed by atoms with E-state index in [9.17, 15) is 14.4 Å². The van der Waals surface area contributed by atoms with E-state index in [4.69, 9.17) is 4.74 Å². The SMILES string of the molecule is CCOCCCNC(=O)CCCCN1C(=O)N=C2C=CC=CC2C1=O. The molecular formula is C18H25N3O4. The van der Waals surface area contributed by atoms with Gasteiger partial charge in [0.25, 0.3) is 0 Å². The number of amides is 4. The standard InChI is InChI=1S/C18H25N3O4/c1-2-25-13-7-11-19-16(22)10-5-6-12-21-17(23)14-8-3-4-9-15(14)20-18(21)24/h3-4,8-9,14H,2,5-7,10-13H2,1H3,(H,19,22). The summed E-state index contributed by atoms with van der Waals surface area (Å²) in [4.78, 5) is 41.2. The highest BCUT2D eigenvalue weighted by molar-refractivity contribution is 6.21. The Morgan fingerprint density at radius 3 is 2.92 bits per heavy atom. The van der Waals surface area contributed by atoms with Crippen LogP contribution in [0.4, 0.5) is 4.79 Å². The molecule has 136 valence electrons. The number of carbonyl (C=O) groups is 3. The Bertz CT molecular complexity index is 595. The normalized spacial score (nSPS) is 19.0. The first-order chi connectivity index (χ1) is 12.1. The molecule has 1 heterocycles. The molecule has 25 heavy (non-hydrogen) atoms. The number of aliphatic imine (C=N–C) groups is 1. The summed E-state index contributed by atoms with van der Waals surface area (Å²) in [7, 11) is 0. The van der Waals surface area contributed by atoms with Crippen LogP contribution in [0.25, 0.3) is 0 Å². The van der Waals surface area contributed by atoms with E-state index in [0.29, 0.717) is 51.3 Å². The summed E-state index contributed by atoms with van der Waals surface area (Å²) < 4.78 is 5.20. The average Bonchev–Trinajstić information content (AvgIpc) is 2.60. The molecule has 0 aromatic rings. The van der Waals surface area contributed by atoms with Gasteiger partial charge in [0, 0.05) is 32.7 Å². The van der Waals surface area contributed by atoms with Gasteiger partial charge in [-0.1, -0.05) is 18.2 Å². The highest BCUT2D eigenvalue weighted by Crippen LogP contribution is 2.20. The van der Waals surface area contributed by atoms with Crippen molar-refractivity contribution in [3.63, 3.8) is 0 Å². The topological polar surface area (TPSA) is 88.1 Å². The fourth-order valence-corrected chi connectivity index (χ4v) is 2.68. The lowest BCUT2D eigenvalue weighted by molar-refractivity contribution is -0.129. The van der Waals surface area contributed by atoms with E-state index >= 15 is 0 Å². The zero-order valence-electron chi connectivity index (χ0n) is 14.6. The number of hydrogen-bond donors (Lipinski definition) is 1. The Morgan fingerprint density at radius 1 is 1.28 bits per heavy atom. The third-order valence-electron chi connectivity index (χ3n) is 4.02. The molecule has 0 spiro atoms. The van der Waals surface area contributed by atoms with E-state index in [2.05, 4.69) is 10.3 Å². The Labute approximate surface area is 147 Å². The van der Waals surface area contributed by atoms with E-state index < -0.39 is 11.9 Å². The van der Waals surface area contributed by atoms with Crippen LogP contribution in [0.1, 0.15) is 32.6 Å². The second kappa shape index (κ2) is 9.88. The van der Waals surface area contributed by atoms with Gasteiger partial charge in [-0.2, -0.15) is 4.99 Å². The van der Waals surface area contributed by atoms with Crippen LogP contribution in [0.3, 0.4) is 0 Å². The van der Waals surface area contributed by atoms with Crippen LogP contribution in [0.2, 0.25) is 0 Å². The fourth-order valence-electron chi connectivity index (χ4n) is 2.68. The van der Waals surface area contributed by atoms with Crippen molar-refractivity contribution in [3.8, 4) is 0 Å². The molecule has 1 aliphatic carbocycles. The molecule has 7 nitrogen and oxygen atoms in total. The first-order valence-corrected chi connectivity index (χ1v) is 8.76. The molecule has 1 unspecified atom stereocenters. The second-order valence-electron chi connectivity index (χ2n) is 5.89. The van der Waals surface area contributed by atoms with Gasteiger partial charge in [-0.25, -0.2) is 4.79 Å². The number of unbranched alkanes of at least 4 members (excludes halogenated alkanes) is 1. The first-order valence-electron chi connectivity index (χ1n) is 8.76. The van der Waals surface area contributed by atoms with E-state index in [0.717, 1.165) is 6.42 Å². The third-order valence-corrected chi connectivity index (χ3v) is 4.02. The van der Waals surface area contributed by atoms with Crippen LogP contribution >= 0.6 is 0 Å². The van der Waals surface area contributed by atoms with Crippen molar-refractivity contribution in [1.82, 2.24) is 10.2 Å². The maximum Gasteiger partial charge on any atom is 0.350 e. The number of rotatable bonds is 10. The van der Waals surface area contributed by atoms with E-state index in [1.165, 1.54) is 4.90 Å². The van der Waals surface area contributed by atoms with E-state index in [1.807, 2.05) is 6.92 Å². The number of allylic oxidation sites excluding steroid dienone is 3. The molecule has 2 aliphatic rings. The van der Waals surface area contributed by atoms with Gasteiger partial charge < -0.3 is 10.1 Å². The Balaban J connectivity index is 1.66. The molecule has 0 saturated heterocycles. The minimum absolute atomic E-state index is 0.0200. The molecule has 0 radical (unpaired) electrons. The molecule has 7 heteroatoms. The number of urea groups is 1. The highest BCUT2D eigenvalue weighted by Gasteiger charge is 2.35. The third kappa shape index (κ3) is 5.63. The Kier molecular flexibility index (Phi) is 7.53. The summed E-state index contributed by atoms with van der Waals surface area (Å²) in [6, 6.07) is -0.517. The van der Waals surface area contributed by atoms with E-state index in [-0.39, 0.29) is 11.8 Å². The lowest BCUT2D eigenvalue weighted by Crippen LogP contribution is -2.46. The van der Waals surface area contributed by atoms with Crippen LogP contribution in [0.15, 0.2) is 29.3 Å². The highest BCUT2D eigenvalue weighted by atomic mass is 16.5. The number of imide groups is 1. The number of carbonyl (C=O) groups excluding carboxylic acids is 3. The lowest BCUT2D eigenvalue weighted by atomic mass is 9.95. The van der Waals surface area contributed by atoms with Crippen molar-refractivity contribution >= 4 is 23.6 Å². The quantitative estimate of drug-likeness (QED) is 0.611.